The molecule has 0 bridgehead atoms. The van der Waals surface area contributed by atoms with Crippen LogP contribution in [0.5, 0.6) is 5.75 Å². The van der Waals surface area contributed by atoms with E-state index in [1.807, 2.05) is 38.1 Å². The maximum Gasteiger partial charge on any atom is 0.318 e. The van der Waals surface area contributed by atoms with Crippen LogP contribution < -0.4 is 4.74 Å². The van der Waals surface area contributed by atoms with E-state index in [0.717, 1.165) is 27.4 Å². The Hall–Kier alpha value is -2.62. The van der Waals surface area contributed by atoms with Crippen molar-refractivity contribution in [3.05, 3.63) is 81.8 Å². The van der Waals surface area contributed by atoms with Crippen LogP contribution in [-0.4, -0.2) is 49.2 Å². The molecule has 3 aromatic carbocycles. The Bertz CT molecular complexity index is 1490. The van der Waals surface area contributed by atoms with Gasteiger partial charge in [-0.15, -0.1) is 0 Å². The standard InChI is InChI=1S/C29H29Cl2NO6S/c1-28(2)10-9-20-15-25(7-8-26(20)38-28)39(35,36)32(17-27(33)34)29(11-12-37-18-29)22-5-3-19(4-6-22)21-13-23(30)16-24(31)14-21/h3-8,13-16H,9-12,17-18H2,1-2H3,(H,33,34). The van der Waals surface area contributed by atoms with Crippen molar-refractivity contribution in [1.82, 2.24) is 4.31 Å². The number of carboxylic acid groups (broad SMARTS) is 1. The molecule has 1 fully saturated rings. The lowest BCUT2D eigenvalue weighted by atomic mass is 9.87. The molecule has 1 saturated heterocycles. The lowest BCUT2D eigenvalue weighted by molar-refractivity contribution is -0.138. The molecule has 0 aromatic heterocycles. The molecular formula is C29H29Cl2NO6S. The highest BCUT2D eigenvalue weighted by Crippen LogP contribution is 2.42. The quantitative estimate of drug-likeness (QED) is 0.355. The van der Waals surface area contributed by atoms with E-state index in [1.54, 1.807) is 30.3 Å². The van der Waals surface area contributed by atoms with Gasteiger partial charge in [0.05, 0.1) is 17.0 Å². The Morgan fingerprint density at radius 1 is 0.974 bits per heavy atom. The molecular weight excluding hydrogens is 561 g/mol. The van der Waals surface area contributed by atoms with Gasteiger partial charge in [-0.05, 0) is 91.8 Å². The van der Waals surface area contributed by atoms with Crippen LogP contribution in [0.1, 0.15) is 37.8 Å². The first-order valence-electron chi connectivity index (χ1n) is 12.6. The van der Waals surface area contributed by atoms with Gasteiger partial charge in [-0.25, -0.2) is 8.42 Å². The van der Waals surface area contributed by atoms with E-state index >= 15 is 0 Å². The Morgan fingerprint density at radius 3 is 2.28 bits per heavy atom. The SMILES string of the molecule is CC1(C)CCc2cc(S(=O)(=O)N(CC(=O)O)C3(c4ccc(-c5cc(Cl)cc(Cl)c5)cc4)CCOC3)ccc2O1. The number of fused-ring (bicyclic) bond motifs is 1. The number of halogens is 2. The minimum atomic E-state index is -4.24. The minimum absolute atomic E-state index is 0.0299. The van der Waals surface area contributed by atoms with Crippen LogP contribution >= 0.6 is 23.2 Å². The molecule has 1 atom stereocenters. The van der Waals surface area contributed by atoms with Gasteiger partial charge in [0.1, 0.15) is 17.9 Å². The summed E-state index contributed by atoms with van der Waals surface area (Å²) < 4.78 is 41.1. The predicted octanol–water partition coefficient (Wildman–Crippen LogP) is 6.16. The van der Waals surface area contributed by atoms with Crippen LogP contribution in [0, 0.1) is 0 Å². The fraction of sp³-hybridized carbons (Fsp3) is 0.345. The third-order valence-corrected chi connectivity index (χ3v) is 9.72. The van der Waals surface area contributed by atoms with Crippen molar-refractivity contribution in [2.45, 2.75) is 49.1 Å². The first kappa shape index (κ1) is 27.9. The molecule has 5 rings (SSSR count). The molecule has 1 N–H and O–H groups in total. The lowest BCUT2D eigenvalue weighted by Gasteiger charge is -2.39. The van der Waals surface area contributed by atoms with Crippen LogP contribution in [0.3, 0.4) is 0 Å². The number of benzene rings is 3. The molecule has 0 aliphatic carbocycles. The van der Waals surface area contributed by atoms with E-state index in [2.05, 4.69) is 0 Å². The highest BCUT2D eigenvalue weighted by molar-refractivity contribution is 7.89. The van der Waals surface area contributed by atoms with Gasteiger partial charge in [-0.3, -0.25) is 4.79 Å². The monoisotopic (exact) mass is 589 g/mol. The number of hydrogen-bond donors (Lipinski definition) is 1. The predicted molar refractivity (Wildman–Crippen MR) is 150 cm³/mol. The second-order valence-corrected chi connectivity index (χ2v) is 13.3. The van der Waals surface area contributed by atoms with Gasteiger partial charge in [-0.1, -0.05) is 47.5 Å². The van der Waals surface area contributed by atoms with Gasteiger partial charge < -0.3 is 14.6 Å². The normalized spacial score (nSPS) is 20.4. The fourth-order valence-corrected chi connectivity index (χ4v) is 7.63. The first-order chi connectivity index (χ1) is 18.4. The number of ether oxygens (including phenoxy) is 2. The fourth-order valence-electron chi connectivity index (χ4n) is 5.33. The molecule has 3 aromatic rings. The largest absolute Gasteiger partial charge is 0.488 e. The zero-order valence-electron chi connectivity index (χ0n) is 21.6. The number of nitrogens with zero attached hydrogens (tertiary/aromatic N) is 1. The third kappa shape index (κ3) is 5.54. The van der Waals surface area contributed by atoms with E-state index in [-0.39, 0.29) is 17.1 Å². The second-order valence-electron chi connectivity index (χ2n) is 10.6. The van der Waals surface area contributed by atoms with Crippen LogP contribution in [-0.2, 0) is 31.5 Å². The van der Waals surface area contributed by atoms with Crippen molar-refractivity contribution < 1.29 is 27.8 Å². The number of aryl methyl sites for hydroxylation is 1. The summed E-state index contributed by atoms with van der Waals surface area (Å²) in [5.74, 6) is -0.608. The smallest absolute Gasteiger partial charge is 0.318 e. The average Bonchev–Trinajstić information content (AvgIpc) is 3.36. The molecule has 0 radical (unpaired) electrons. The van der Waals surface area contributed by atoms with Crippen molar-refractivity contribution in [2.75, 3.05) is 19.8 Å². The molecule has 2 aliphatic rings. The Morgan fingerprint density at radius 2 is 1.67 bits per heavy atom. The van der Waals surface area contributed by atoms with Crippen LogP contribution in [0.15, 0.2) is 65.6 Å². The summed E-state index contributed by atoms with van der Waals surface area (Å²) in [4.78, 5) is 12.1. The summed E-state index contributed by atoms with van der Waals surface area (Å²) in [6.07, 6.45) is 1.71. The summed E-state index contributed by atoms with van der Waals surface area (Å²) in [5, 5.41) is 10.8. The van der Waals surface area contributed by atoms with Crippen molar-refractivity contribution in [3.63, 3.8) is 0 Å². The minimum Gasteiger partial charge on any atom is -0.488 e. The summed E-state index contributed by atoms with van der Waals surface area (Å²) >= 11 is 12.4. The average molecular weight is 591 g/mol. The Balaban J connectivity index is 1.56. The summed E-state index contributed by atoms with van der Waals surface area (Å²) in [6, 6.07) is 17.3. The van der Waals surface area contributed by atoms with Gasteiger partial charge in [-0.2, -0.15) is 4.31 Å². The zero-order valence-corrected chi connectivity index (χ0v) is 23.9. The van der Waals surface area contributed by atoms with Gasteiger partial charge >= 0.3 is 5.97 Å². The topological polar surface area (TPSA) is 93.1 Å². The zero-order chi connectivity index (χ0) is 28.0. The van der Waals surface area contributed by atoms with Crippen LogP contribution in [0.4, 0.5) is 0 Å². The number of rotatable bonds is 7. The first-order valence-corrected chi connectivity index (χ1v) is 14.8. The number of carbonyl (C=O) groups is 1. The summed E-state index contributed by atoms with van der Waals surface area (Å²) in [5.41, 5.74) is 1.54. The third-order valence-electron chi connectivity index (χ3n) is 7.38. The van der Waals surface area contributed by atoms with Gasteiger partial charge in [0.15, 0.2) is 0 Å². The molecule has 206 valence electrons. The van der Waals surface area contributed by atoms with Crippen LogP contribution in [0.25, 0.3) is 11.1 Å². The number of sulfonamides is 1. The van der Waals surface area contributed by atoms with E-state index in [0.29, 0.717) is 40.8 Å². The van der Waals surface area contributed by atoms with Crippen molar-refractivity contribution >= 4 is 39.2 Å². The van der Waals surface area contributed by atoms with E-state index < -0.39 is 28.1 Å². The molecule has 0 amide bonds. The molecule has 2 heterocycles. The second kappa shape index (κ2) is 10.4. The molecule has 2 aliphatic heterocycles. The van der Waals surface area contributed by atoms with E-state index in [9.17, 15) is 18.3 Å². The molecule has 0 saturated carbocycles. The van der Waals surface area contributed by atoms with Crippen molar-refractivity contribution in [1.29, 1.82) is 0 Å². The van der Waals surface area contributed by atoms with Gasteiger partial charge in [0.25, 0.3) is 0 Å². The number of aliphatic carboxylic acids is 1. The lowest BCUT2D eigenvalue weighted by Crippen LogP contribution is -2.52. The maximum atomic E-state index is 14.1. The van der Waals surface area contributed by atoms with Crippen LogP contribution in [0.2, 0.25) is 10.0 Å². The Labute approximate surface area is 238 Å². The van der Waals surface area contributed by atoms with E-state index in [1.165, 1.54) is 6.07 Å². The van der Waals surface area contributed by atoms with Crippen molar-refractivity contribution in [2.24, 2.45) is 0 Å². The molecule has 1 unspecified atom stereocenters. The highest BCUT2D eigenvalue weighted by Gasteiger charge is 2.49. The molecule has 7 nitrogen and oxygen atoms in total. The van der Waals surface area contributed by atoms with Gasteiger partial charge in [0, 0.05) is 16.7 Å². The Kier molecular flexibility index (Phi) is 7.45. The maximum absolute atomic E-state index is 14.1. The summed E-state index contributed by atoms with van der Waals surface area (Å²) in [7, 11) is -4.24. The highest BCUT2D eigenvalue weighted by atomic mass is 35.5. The van der Waals surface area contributed by atoms with E-state index in [4.69, 9.17) is 32.7 Å². The van der Waals surface area contributed by atoms with Gasteiger partial charge in [0.2, 0.25) is 10.0 Å². The van der Waals surface area contributed by atoms with Crippen molar-refractivity contribution in [3.8, 4) is 16.9 Å². The molecule has 10 heteroatoms. The number of hydrogen-bond acceptors (Lipinski definition) is 5. The number of carboxylic acids is 1. The summed E-state index contributed by atoms with van der Waals surface area (Å²) in [6.45, 7) is 3.60. The molecule has 0 spiro atoms. The molecule has 39 heavy (non-hydrogen) atoms.